The van der Waals surface area contributed by atoms with E-state index in [0.29, 0.717) is 24.1 Å². The summed E-state index contributed by atoms with van der Waals surface area (Å²) in [4.78, 5) is 37.6. The number of aromatic nitrogens is 1. The van der Waals surface area contributed by atoms with Crippen molar-refractivity contribution >= 4 is 17.6 Å². The molecule has 1 saturated carbocycles. The van der Waals surface area contributed by atoms with Crippen LogP contribution in [0.3, 0.4) is 0 Å². The molecule has 1 aromatic carbocycles. The van der Waals surface area contributed by atoms with Gasteiger partial charge >= 0.3 is 18.1 Å². The van der Waals surface area contributed by atoms with Crippen molar-refractivity contribution in [3.8, 4) is 11.3 Å². The summed E-state index contributed by atoms with van der Waals surface area (Å²) < 4.78 is 31.7. The number of rotatable bonds is 5. The predicted octanol–water partition coefficient (Wildman–Crippen LogP) is 3.76. The Labute approximate surface area is 206 Å². The number of carboxylic acids is 2. The number of aromatic carboxylic acids is 1. The van der Waals surface area contributed by atoms with Gasteiger partial charge in [0.1, 0.15) is 5.56 Å². The summed E-state index contributed by atoms with van der Waals surface area (Å²) in [7, 11) is 2.08. The van der Waals surface area contributed by atoms with Gasteiger partial charge in [0.05, 0.1) is 5.69 Å². The molecule has 0 bridgehead atoms. The summed E-state index contributed by atoms with van der Waals surface area (Å²) in [6, 6.07) is 10.4. The second-order valence-electron chi connectivity index (χ2n) is 9.08. The molecule has 196 valence electrons. The zero-order valence-electron chi connectivity index (χ0n) is 20.1. The van der Waals surface area contributed by atoms with Gasteiger partial charge in [-0.25, -0.2) is 9.59 Å². The fraction of sp³-hybridized carbons (Fsp3) is 0.480. The van der Waals surface area contributed by atoms with Crippen LogP contribution in [0.25, 0.3) is 11.3 Å². The first kappa shape index (κ1) is 27.3. The first-order valence-electron chi connectivity index (χ1n) is 11.8. The molecule has 8 nitrogen and oxygen atoms in total. The number of hydrogen-bond donors (Lipinski definition) is 4. The lowest BCUT2D eigenvalue weighted by Crippen LogP contribution is -2.40. The second-order valence-corrected chi connectivity index (χ2v) is 9.08. The number of pyridine rings is 1. The molecule has 4 N–H and O–H groups in total. The normalized spacial score (nSPS) is 21.4. The SMILES string of the molecule is CCc1cc(C(=O)O)c(=O)[nH]c1-c1ccc(N2C[C@H]3CCC[C@@H](NC)[C@H]3C2)cc1.O=C(O)C(F)(F)F. The van der Waals surface area contributed by atoms with E-state index in [1.807, 2.05) is 19.1 Å². The molecule has 1 saturated heterocycles. The van der Waals surface area contributed by atoms with E-state index in [9.17, 15) is 27.9 Å². The van der Waals surface area contributed by atoms with Gasteiger partial charge in [0.15, 0.2) is 0 Å². The molecule has 4 rings (SSSR count). The third-order valence-corrected chi connectivity index (χ3v) is 6.97. The Bertz CT molecular complexity index is 1150. The average molecular weight is 510 g/mol. The molecule has 3 atom stereocenters. The van der Waals surface area contributed by atoms with E-state index in [-0.39, 0.29) is 5.56 Å². The van der Waals surface area contributed by atoms with Crippen LogP contribution in [0.5, 0.6) is 0 Å². The first-order chi connectivity index (χ1) is 17.0. The molecule has 2 heterocycles. The molecule has 2 aliphatic rings. The van der Waals surface area contributed by atoms with Crippen LogP contribution in [0.1, 0.15) is 42.1 Å². The Kier molecular flexibility index (Phi) is 8.44. The zero-order valence-corrected chi connectivity index (χ0v) is 20.1. The van der Waals surface area contributed by atoms with Gasteiger partial charge in [-0.3, -0.25) is 4.79 Å². The van der Waals surface area contributed by atoms with Crippen molar-refractivity contribution in [1.29, 1.82) is 0 Å². The van der Waals surface area contributed by atoms with E-state index in [2.05, 4.69) is 34.4 Å². The number of aliphatic carboxylic acids is 1. The van der Waals surface area contributed by atoms with E-state index in [4.69, 9.17) is 9.90 Å². The number of H-pyrrole nitrogens is 1. The number of anilines is 1. The molecule has 1 aromatic heterocycles. The number of fused-ring (bicyclic) bond motifs is 1. The van der Waals surface area contributed by atoms with E-state index < -0.39 is 23.7 Å². The summed E-state index contributed by atoms with van der Waals surface area (Å²) in [5.74, 6) is -2.49. The molecular weight excluding hydrogens is 479 g/mol. The lowest BCUT2D eigenvalue weighted by Gasteiger charge is -2.32. The molecular formula is C25H30F3N3O5. The maximum absolute atomic E-state index is 12.2. The highest BCUT2D eigenvalue weighted by molar-refractivity contribution is 5.88. The van der Waals surface area contributed by atoms with Crippen molar-refractivity contribution in [3.05, 3.63) is 51.8 Å². The van der Waals surface area contributed by atoms with Crippen LogP contribution in [-0.4, -0.2) is 59.5 Å². The van der Waals surface area contributed by atoms with Crippen LogP contribution in [0.15, 0.2) is 35.1 Å². The maximum atomic E-state index is 12.2. The van der Waals surface area contributed by atoms with Crippen molar-refractivity contribution in [2.75, 3.05) is 25.0 Å². The molecule has 0 spiro atoms. The van der Waals surface area contributed by atoms with Crippen LogP contribution < -0.4 is 15.8 Å². The van der Waals surface area contributed by atoms with E-state index in [0.717, 1.165) is 30.1 Å². The topological polar surface area (TPSA) is 123 Å². The fourth-order valence-corrected chi connectivity index (χ4v) is 5.15. The monoisotopic (exact) mass is 509 g/mol. The number of aryl methyl sites for hydroxylation is 1. The van der Waals surface area contributed by atoms with Gasteiger partial charge < -0.3 is 25.4 Å². The van der Waals surface area contributed by atoms with E-state index >= 15 is 0 Å². The van der Waals surface area contributed by atoms with Crippen LogP contribution in [0.4, 0.5) is 18.9 Å². The second kappa shape index (κ2) is 11.2. The zero-order chi connectivity index (χ0) is 26.6. The highest BCUT2D eigenvalue weighted by Crippen LogP contribution is 2.38. The number of carboxylic acid groups (broad SMARTS) is 2. The largest absolute Gasteiger partial charge is 0.490 e. The van der Waals surface area contributed by atoms with Crippen molar-refractivity contribution in [1.82, 2.24) is 10.3 Å². The van der Waals surface area contributed by atoms with Gasteiger partial charge in [-0.1, -0.05) is 25.5 Å². The highest BCUT2D eigenvalue weighted by atomic mass is 19.4. The third kappa shape index (κ3) is 6.07. The molecule has 11 heteroatoms. The van der Waals surface area contributed by atoms with Crippen molar-refractivity contribution in [3.63, 3.8) is 0 Å². The quantitative estimate of drug-likeness (QED) is 0.484. The molecule has 2 aromatic rings. The standard InChI is InChI=1S/C23H29N3O3.C2HF3O2/c1-3-14-11-18(23(28)29)22(27)25-21(14)15-7-9-17(10-8-15)26-12-16-5-4-6-20(24-2)19(16)13-26;3-2(4,5)1(6)7/h7-11,16,19-20,24H,3-6,12-13H2,1-2H3,(H,25,27)(H,28,29);(H,6,7)/t16-,19+,20-;/m1./s1. The fourth-order valence-electron chi connectivity index (χ4n) is 5.15. The lowest BCUT2D eigenvalue weighted by molar-refractivity contribution is -0.192. The maximum Gasteiger partial charge on any atom is 0.490 e. The molecule has 0 unspecified atom stereocenters. The van der Waals surface area contributed by atoms with E-state index in [1.54, 1.807) is 0 Å². The Morgan fingerprint density at radius 1 is 1.14 bits per heavy atom. The molecule has 0 radical (unpaired) electrons. The number of hydrogen-bond acceptors (Lipinski definition) is 5. The third-order valence-electron chi connectivity index (χ3n) is 6.97. The summed E-state index contributed by atoms with van der Waals surface area (Å²) in [6.45, 7) is 4.15. The summed E-state index contributed by atoms with van der Waals surface area (Å²) in [6.07, 6.45) is -0.549. The van der Waals surface area contributed by atoms with Gasteiger partial charge in [0, 0.05) is 24.8 Å². The minimum absolute atomic E-state index is 0.207. The molecule has 1 aliphatic carbocycles. The summed E-state index contributed by atoms with van der Waals surface area (Å²) >= 11 is 0. The van der Waals surface area contributed by atoms with Crippen molar-refractivity contribution in [2.24, 2.45) is 11.8 Å². The van der Waals surface area contributed by atoms with Gasteiger partial charge in [0.25, 0.3) is 5.56 Å². The Hall–Kier alpha value is -3.34. The van der Waals surface area contributed by atoms with Crippen LogP contribution in [0.2, 0.25) is 0 Å². The Morgan fingerprint density at radius 2 is 1.78 bits per heavy atom. The smallest absolute Gasteiger partial charge is 0.477 e. The first-order valence-corrected chi connectivity index (χ1v) is 11.8. The minimum Gasteiger partial charge on any atom is -0.477 e. The number of nitrogens with zero attached hydrogens (tertiary/aromatic N) is 1. The Morgan fingerprint density at radius 3 is 2.31 bits per heavy atom. The lowest BCUT2D eigenvalue weighted by atomic mass is 9.78. The van der Waals surface area contributed by atoms with Crippen LogP contribution in [-0.2, 0) is 11.2 Å². The predicted molar refractivity (Wildman–Crippen MR) is 128 cm³/mol. The van der Waals surface area contributed by atoms with E-state index in [1.165, 1.54) is 31.0 Å². The summed E-state index contributed by atoms with van der Waals surface area (Å²) in [5, 5.41) is 19.8. The number of aromatic amines is 1. The van der Waals surface area contributed by atoms with Gasteiger partial charge in [-0.05, 0) is 67.5 Å². The highest BCUT2D eigenvalue weighted by Gasteiger charge is 2.40. The summed E-state index contributed by atoms with van der Waals surface area (Å²) in [5.41, 5.74) is 2.89. The molecule has 2 fully saturated rings. The van der Waals surface area contributed by atoms with Crippen molar-refractivity contribution < 1.29 is 33.0 Å². The number of benzene rings is 1. The number of carbonyl (C=O) groups is 2. The van der Waals surface area contributed by atoms with Crippen molar-refractivity contribution in [2.45, 2.75) is 44.8 Å². The number of halogens is 3. The molecule has 1 aliphatic heterocycles. The average Bonchev–Trinajstić information content (AvgIpc) is 3.28. The van der Waals surface area contributed by atoms with Crippen LogP contribution in [0, 0.1) is 11.8 Å². The van der Waals surface area contributed by atoms with Gasteiger partial charge in [0.2, 0.25) is 0 Å². The number of alkyl halides is 3. The number of nitrogens with one attached hydrogen (secondary N) is 2. The Balaban J connectivity index is 0.000000454. The molecule has 36 heavy (non-hydrogen) atoms. The van der Waals surface area contributed by atoms with Gasteiger partial charge in [-0.15, -0.1) is 0 Å². The van der Waals surface area contributed by atoms with Gasteiger partial charge in [-0.2, -0.15) is 13.2 Å². The van der Waals surface area contributed by atoms with Crippen LogP contribution >= 0.6 is 0 Å². The minimum atomic E-state index is -5.08. The molecule has 0 amide bonds.